The molecule has 8 heteroatoms. The normalized spacial score (nSPS) is 12.5. The number of fused-ring (bicyclic) bond motifs is 1. The van der Waals surface area contributed by atoms with Gasteiger partial charge in [-0.3, -0.25) is 25.2 Å². The van der Waals surface area contributed by atoms with Crippen LogP contribution in [0.15, 0.2) is 65.1 Å². The van der Waals surface area contributed by atoms with Crippen LogP contribution >= 0.6 is 0 Å². The SMILES string of the molecule is O=C1CCc2cc(C(=O)NNC(=O)c3ccc(COc4ccccc4)o3)ccc2N1. The van der Waals surface area contributed by atoms with Gasteiger partial charge in [-0.1, -0.05) is 18.2 Å². The van der Waals surface area contributed by atoms with E-state index in [-0.39, 0.29) is 18.3 Å². The Kier molecular flexibility index (Phi) is 5.47. The molecule has 1 aliphatic heterocycles. The molecule has 3 N–H and O–H groups in total. The van der Waals surface area contributed by atoms with Gasteiger partial charge in [0.05, 0.1) is 0 Å². The van der Waals surface area contributed by atoms with E-state index in [0.717, 1.165) is 5.56 Å². The molecule has 1 aromatic heterocycles. The predicted molar refractivity (Wildman–Crippen MR) is 108 cm³/mol. The Bertz CT molecular complexity index is 1090. The summed E-state index contributed by atoms with van der Waals surface area (Å²) in [6.45, 7) is 0.176. The van der Waals surface area contributed by atoms with Gasteiger partial charge in [0.15, 0.2) is 5.76 Å². The molecule has 3 aromatic rings. The number of hydrazine groups is 1. The average molecular weight is 405 g/mol. The standard InChI is InChI=1S/C22H19N3O5/c26-20-11-7-14-12-15(6-9-18(14)23-20)21(27)24-25-22(28)19-10-8-17(30-19)13-29-16-4-2-1-3-5-16/h1-6,8-10,12H,7,11,13H2,(H,23,26)(H,24,27)(H,25,28). The fourth-order valence-electron chi connectivity index (χ4n) is 3.02. The highest BCUT2D eigenvalue weighted by molar-refractivity contribution is 5.99. The number of carbonyl (C=O) groups is 3. The summed E-state index contributed by atoms with van der Waals surface area (Å²) < 4.78 is 11.0. The van der Waals surface area contributed by atoms with E-state index in [0.29, 0.717) is 35.6 Å². The first-order valence-electron chi connectivity index (χ1n) is 9.38. The lowest BCUT2D eigenvalue weighted by Gasteiger charge is -2.17. The minimum absolute atomic E-state index is 0.0426. The first-order valence-corrected chi connectivity index (χ1v) is 9.38. The predicted octanol–water partition coefficient (Wildman–Crippen LogP) is 2.82. The van der Waals surface area contributed by atoms with Gasteiger partial charge >= 0.3 is 5.91 Å². The number of hydrogen-bond donors (Lipinski definition) is 3. The second kappa shape index (κ2) is 8.52. The molecule has 0 atom stereocenters. The minimum atomic E-state index is -0.584. The molecule has 30 heavy (non-hydrogen) atoms. The van der Waals surface area contributed by atoms with Crippen LogP contribution in [0.4, 0.5) is 5.69 Å². The number of carbonyl (C=O) groups excluding carboxylic acids is 3. The van der Waals surface area contributed by atoms with E-state index in [2.05, 4.69) is 16.2 Å². The summed E-state index contributed by atoms with van der Waals surface area (Å²) in [5.74, 6) is 0.125. The number of benzene rings is 2. The molecule has 1 aliphatic rings. The smallest absolute Gasteiger partial charge is 0.305 e. The van der Waals surface area contributed by atoms with Crippen LogP contribution in [-0.4, -0.2) is 17.7 Å². The second-order valence-electron chi connectivity index (χ2n) is 6.70. The average Bonchev–Trinajstić information content (AvgIpc) is 3.25. The lowest BCUT2D eigenvalue weighted by atomic mass is 10.0. The molecule has 0 bridgehead atoms. The van der Waals surface area contributed by atoms with Crippen LogP contribution in [0, 0.1) is 0 Å². The Morgan fingerprint density at radius 1 is 0.967 bits per heavy atom. The second-order valence-corrected chi connectivity index (χ2v) is 6.70. The van der Waals surface area contributed by atoms with Crippen molar-refractivity contribution in [3.05, 3.63) is 83.3 Å². The van der Waals surface area contributed by atoms with Crippen molar-refractivity contribution in [3.8, 4) is 5.75 Å². The highest BCUT2D eigenvalue weighted by Gasteiger charge is 2.18. The van der Waals surface area contributed by atoms with Crippen molar-refractivity contribution in [2.45, 2.75) is 19.4 Å². The van der Waals surface area contributed by atoms with Crippen LogP contribution in [0.25, 0.3) is 0 Å². The highest BCUT2D eigenvalue weighted by Crippen LogP contribution is 2.23. The third-order valence-corrected chi connectivity index (χ3v) is 4.56. The van der Waals surface area contributed by atoms with Gasteiger partial charge in [-0.15, -0.1) is 0 Å². The molecule has 3 amide bonds. The number of rotatable bonds is 5. The van der Waals surface area contributed by atoms with Crippen molar-refractivity contribution in [1.82, 2.24) is 10.9 Å². The lowest BCUT2D eigenvalue weighted by molar-refractivity contribution is -0.116. The largest absolute Gasteiger partial charge is 0.486 e. The quantitative estimate of drug-likeness (QED) is 0.566. The van der Waals surface area contributed by atoms with Crippen LogP contribution < -0.4 is 20.9 Å². The molecule has 2 heterocycles. The van der Waals surface area contributed by atoms with E-state index in [1.807, 2.05) is 30.3 Å². The summed E-state index contributed by atoms with van der Waals surface area (Å²) in [4.78, 5) is 36.0. The monoisotopic (exact) mass is 405 g/mol. The third-order valence-electron chi connectivity index (χ3n) is 4.56. The van der Waals surface area contributed by atoms with Crippen molar-refractivity contribution in [1.29, 1.82) is 0 Å². The highest BCUT2D eigenvalue weighted by atomic mass is 16.5. The lowest BCUT2D eigenvalue weighted by Crippen LogP contribution is -2.41. The van der Waals surface area contributed by atoms with Crippen molar-refractivity contribution in [3.63, 3.8) is 0 Å². The first kappa shape index (κ1) is 19.3. The molecule has 0 saturated carbocycles. The summed E-state index contributed by atoms with van der Waals surface area (Å²) in [5.41, 5.74) is 6.65. The number of nitrogens with one attached hydrogen (secondary N) is 3. The number of hydrogen-bond acceptors (Lipinski definition) is 5. The van der Waals surface area contributed by atoms with Gasteiger partial charge < -0.3 is 14.5 Å². The van der Waals surface area contributed by atoms with Crippen LogP contribution in [0.3, 0.4) is 0 Å². The van der Waals surface area contributed by atoms with E-state index in [9.17, 15) is 14.4 Å². The van der Waals surface area contributed by atoms with E-state index >= 15 is 0 Å². The maximum absolute atomic E-state index is 12.3. The van der Waals surface area contributed by atoms with Gasteiger partial charge in [0.2, 0.25) is 5.91 Å². The Hall–Kier alpha value is -4.07. The van der Waals surface area contributed by atoms with E-state index in [1.54, 1.807) is 24.3 Å². The summed E-state index contributed by atoms with van der Waals surface area (Å²) in [6.07, 6.45) is 0.943. The first-order chi connectivity index (χ1) is 14.6. The molecule has 0 spiro atoms. The molecule has 0 fully saturated rings. The van der Waals surface area contributed by atoms with Gasteiger partial charge in [0, 0.05) is 17.7 Å². The fourth-order valence-corrected chi connectivity index (χ4v) is 3.02. The van der Waals surface area contributed by atoms with E-state index in [4.69, 9.17) is 9.15 Å². The summed E-state index contributed by atoms with van der Waals surface area (Å²) in [6, 6.07) is 17.3. The topological polar surface area (TPSA) is 110 Å². The molecule has 152 valence electrons. The number of para-hydroxylation sites is 1. The Morgan fingerprint density at radius 3 is 2.60 bits per heavy atom. The Labute approximate surface area is 172 Å². The summed E-state index contributed by atoms with van der Waals surface area (Å²) >= 11 is 0. The molecule has 0 aliphatic carbocycles. The summed E-state index contributed by atoms with van der Waals surface area (Å²) in [7, 11) is 0. The van der Waals surface area contributed by atoms with Crippen molar-refractivity contribution in [2.75, 3.05) is 5.32 Å². The fraction of sp³-hybridized carbons (Fsp3) is 0.136. The maximum atomic E-state index is 12.3. The Balaban J connectivity index is 1.31. The van der Waals surface area contributed by atoms with Crippen molar-refractivity contribution < 1.29 is 23.5 Å². The van der Waals surface area contributed by atoms with Crippen LogP contribution in [0.1, 0.15) is 38.7 Å². The van der Waals surface area contributed by atoms with E-state index < -0.39 is 11.8 Å². The molecule has 0 saturated heterocycles. The third kappa shape index (κ3) is 4.49. The zero-order valence-electron chi connectivity index (χ0n) is 15.9. The Morgan fingerprint density at radius 2 is 1.77 bits per heavy atom. The van der Waals surface area contributed by atoms with Crippen LogP contribution in [0.2, 0.25) is 0 Å². The molecule has 0 radical (unpaired) electrons. The minimum Gasteiger partial charge on any atom is -0.486 e. The molecule has 4 rings (SSSR count). The molecule has 8 nitrogen and oxygen atoms in total. The zero-order valence-corrected chi connectivity index (χ0v) is 15.9. The van der Waals surface area contributed by atoms with Crippen LogP contribution in [-0.2, 0) is 17.8 Å². The summed E-state index contributed by atoms with van der Waals surface area (Å²) in [5, 5.41) is 2.76. The van der Waals surface area contributed by atoms with Gasteiger partial charge in [-0.2, -0.15) is 0 Å². The van der Waals surface area contributed by atoms with E-state index in [1.165, 1.54) is 6.07 Å². The number of furan rings is 1. The molecular formula is C22H19N3O5. The van der Waals surface area contributed by atoms with Crippen molar-refractivity contribution in [2.24, 2.45) is 0 Å². The number of anilines is 1. The zero-order chi connectivity index (χ0) is 20.9. The van der Waals surface area contributed by atoms with Gasteiger partial charge in [-0.25, -0.2) is 0 Å². The number of amides is 3. The van der Waals surface area contributed by atoms with Crippen molar-refractivity contribution >= 4 is 23.4 Å². The number of ether oxygens (including phenoxy) is 1. The molecule has 2 aromatic carbocycles. The van der Waals surface area contributed by atoms with Gasteiger partial charge in [0.1, 0.15) is 18.1 Å². The maximum Gasteiger partial charge on any atom is 0.305 e. The van der Waals surface area contributed by atoms with Gasteiger partial charge in [-0.05, 0) is 54.4 Å². The molecular weight excluding hydrogens is 386 g/mol. The van der Waals surface area contributed by atoms with Gasteiger partial charge in [0.25, 0.3) is 5.91 Å². The van der Waals surface area contributed by atoms with Crippen LogP contribution in [0.5, 0.6) is 5.75 Å². The molecule has 0 unspecified atom stereocenters. The number of aryl methyl sites for hydroxylation is 1.